The number of amides is 3. The van der Waals surface area contributed by atoms with Gasteiger partial charge in [0.15, 0.2) is 0 Å². The summed E-state index contributed by atoms with van der Waals surface area (Å²) in [6.07, 6.45) is -0.268. The first-order valence-corrected chi connectivity index (χ1v) is 6.61. The second kappa shape index (κ2) is 6.88. The molecule has 1 aromatic rings. The molecule has 0 saturated heterocycles. The van der Waals surface area contributed by atoms with Gasteiger partial charge in [0.05, 0.1) is 11.5 Å². The van der Waals surface area contributed by atoms with Crippen molar-refractivity contribution in [3.63, 3.8) is 0 Å². The van der Waals surface area contributed by atoms with Gasteiger partial charge in [0.1, 0.15) is 0 Å². The molecule has 0 aliphatic heterocycles. The van der Waals surface area contributed by atoms with Gasteiger partial charge in [0.2, 0.25) is 5.91 Å². The van der Waals surface area contributed by atoms with Crippen LogP contribution in [-0.4, -0.2) is 23.0 Å². The number of nitrogens with one attached hydrogen (secondary N) is 2. The Morgan fingerprint density at radius 3 is 2.29 bits per heavy atom. The average molecular weight is 292 g/mol. The molecule has 1 unspecified atom stereocenters. The Morgan fingerprint density at radius 2 is 1.76 bits per heavy atom. The summed E-state index contributed by atoms with van der Waals surface area (Å²) in [6, 6.07) is 8.40. The van der Waals surface area contributed by atoms with Gasteiger partial charge in [-0.25, -0.2) is 4.79 Å². The highest BCUT2D eigenvalue weighted by atomic mass is 16.4. The molecular weight excluding hydrogens is 272 g/mol. The Balaban J connectivity index is 2.51. The lowest BCUT2D eigenvalue weighted by Gasteiger charge is -2.19. The minimum Gasteiger partial charge on any atom is -0.481 e. The molecule has 0 aliphatic rings. The lowest BCUT2D eigenvalue weighted by molar-refractivity contribution is -0.149. The van der Waals surface area contributed by atoms with Crippen molar-refractivity contribution >= 4 is 17.9 Å². The van der Waals surface area contributed by atoms with Gasteiger partial charge in [0.25, 0.3) is 0 Å². The van der Waals surface area contributed by atoms with Gasteiger partial charge in [-0.2, -0.15) is 0 Å². The highest BCUT2D eigenvalue weighted by Gasteiger charge is 2.30. The first-order valence-electron chi connectivity index (χ1n) is 6.61. The zero-order valence-corrected chi connectivity index (χ0v) is 12.3. The zero-order chi connectivity index (χ0) is 16.0. The summed E-state index contributed by atoms with van der Waals surface area (Å²) < 4.78 is 0. The predicted molar refractivity (Wildman–Crippen MR) is 77.6 cm³/mol. The molecule has 3 amide bonds. The van der Waals surface area contributed by atoms with Crippen molar-refractivity contribution < 1.29 is 19.5 Å². The van der Waals surface area contributed by atoms with Crippen molar-refractivity contribution in [2.75, 3.05) is 0 Å². The molecule has 0 aliphatic carbocycles. The average Bonchev–Trinajstić information content (AvgIpc) is 2.38. The predicted octanol–water partition coefficient (Wildman–Crippen LogP) is 2.07. The third-order valence-electron chi connectivity index (χ3n) is 3.08. The Hall–Kier alpha value is -2.37. The fourth-order valence-corrected chi connectivity index (χ4v) is 1.71. The van der Waals surface area contributed by atoms with Gasteiger partial charge in [-0.05, 0) is 26.3 Å². The van der Waals surface area contributed by atoms with E-state index >= 15 is 0 Å². The Morgan fingerprint density at radius 1 is 1.19 bits per heavy atom. The van der Waals surface area contributed by atoms with Crippen LogP contribution < -0.4 is 10.6 Å². The third-order valence-corrected chi connectivity index (χ3v) is 3.08. The summed E-state index contributed by atoms with van der Waals surface area (Å²) >= 11 is 0. The summed E-state index contributed by atoms with van der Waals surface area (Å²) in [5.41, 5.74) is -0.305. The summed E-state index contributed by atoms with van der Waals surface area (Å²) in [4.78, 5) is 34.3. The van der Waals surface area contributed by atoms with E-state index in [4.69, 9.17) is 5.11 Å². The summed E-state index contributed by atoms with van der Waals surface area (Å²) in [5.74, 6) is -1.71. The van der Waals surface area contributed by atoms with E-state index in [1.807, 2.05) is 30.3 Å². The highest BCUT2D eigenvalue weighted by Crippen LogP contribution is 2.20. The maximum Gasteiger partial charge on any atom is 0.321 e. The van der Waals surface area contributed by atoms with E-state index in [1.165, 1.54) is 13.8 Å². The molecule has 0 fully saturated rings. The monoisotopic (exact) mass is 292 g/mol. The number of carbonyl (C=O) groups is 3. The number of carboxylic acid groups (broad SMARTS) is 1. The van der Waals surface area contributed by atoms with Crippen LogP contribution in [0, 0.1) is 5.41 Å². The van der Waals surface area contributed by atoms with Crippen LogP contribution in [-0.2, 0) is 9.59 Å². The van der Waals surface area contributed by atoms with E-state index in [2.05, 4.69) is 10.6 Å². The Labute approximate surface area is 123 Å². The summed E-state index contributed by atoms with van der Waals surface area (Å²) in [6.45, 7) is 4.65. The first kappa shape index (κ1) is 16.7. The van der Waals surface area contributed by atoms with E-state index in [9.17, 15) is 14.4 Å². The van der Waals surface area contributed by atoms with Gasteiger partial charge in [-0.1, -0.05) is 30.3 Å². The molecule has 0 aromatic heterocycles. The maximum absolute atomic E-state index is 11.7. The topological polar surface area (TPSA) is 95.5 Å². The van der Waals surface area contributed by atoms with Gasteiger partial charge >= 0.3 is 12.0 Å². The number of aliphatic carboxylic acids is 1. The maximum atomic E-state index is 11.7. The van der Waals surface area contributed by atoms with Crippen LogP contribution in [0.15, 0.2) is 30.3 Å². The van der Waals surface area contributed by atoms with Crippen molar-refractivity contribution in [1.82, 2.24) is 10.6 Å². The second-order valence-electron chi connectivity index (χ2n) is 5.52. The molecule has 0 heterocycles. The molecular formula is C15H20N2O4. The van der Waals surface area contributed by atoms with Crippen LogP contribution in [0.1, 0.15) is 38.8 Å². The Bertz CT molecular complexity index is 526. The molecule has 21 heavy (non-hydrogen) atoms. The van der Waals surface area contributed by atoms with E-state index < -0.39 is 23.3 Å². The fraction of sp³-hybridized carbons (Fsp3) is 0.400. The molecule has 6 nitrogen and oxygen atoms in total. The largest absolute Gasteiger partial charge is 0.481 e. The Kier molecular flexibility index (Phi) is 5.46. The van der Waals surface area contributed by atoms with E-state index in [-0.39, 0.29) is 12.5 Å². The van der Waals surface area contributed by atoms with Crippen molar-refractivity contribution in [2.24, 2.45) is 5.41 Å². The number of benzene rings is 1. The molecule has 6 heteroatoms. The van der Waals surface area contributed by atoms with Gasteiger partial charge in [-0.3, -0.25) is 14.9 Å². The summed E-state index contributed by atoms with van der Waals surface area (Å²) in [7, 11) is 0. The SMILES string of the molecule is CC(NC(=O)NC(=O)CC(C)(C)C(=O)O)c1ccccc1. The molecule has 0 spiro atoms. The van der Waals surface area contributed by atoms with Crippen molar-refractivity contribution in [3.8, 4) is 0 Å². The molecule has 1 rings (SSSR count). The smallest absolute Gasteiger partial charge is 0.321 e. The quantitative estimate of drug-likeness (QED) is 0.774. The lowest BCUT2D eigenvalue weighted by Crippen LogP contribution is -2.42. The van der Waals surface area contributed by atoms with Crippen molar-refractivity contribution in [2.45, 2.75) is 33.2 Å². The number of hydrogen-bond acceptors (Lipinski definition) is 3. The van der Waals surface area contributed by atoms with E-state index in [0.29, 0.717) is 0 Å². The number of imide groups is 1. The number of carboxylic acids is 1. The molecule has 3 N–H and O–H groups in total. The number of hydrogen-bond donors (Lipinski definition) is 3. The molecule has 0 bridgehead atoms. The van der Waals surface area contributed by atoms with Crippen molar-refractivity contribution in [1.29, 1.82) is 0 Å². The fourth-order valence-electron chi connectivity index (χ4n) is 1.71. The molecule has 1 aromatic carbocycles. The molecule has 0 saturated carbocycles. The van der Waals surface area contributed by atoms with E-state index in [1.54, 1.807) is 6.92 Å². The van der Waals surface area contributed by atoms with Crippen LogP contribution >= 0.6 is 0 Å². The second-order valence-corrected chi connectivity index (χ2v) is 5.52. The normalized spacial score (nSPS) is 12.3. The van der Waals surface area contributed by atoms with Gasteiger partial charge in [0, 0.05) is 6.42 Å². The summed E-state index contributed by atoms with van der Waals surface area (Å²) in [5, 5.41) is 13.7. The number of urea groups is 1. The minimum absolute atomic E-state index is 0.258. The minimum atomic E-state index is -1.21. The molecule has 0 radical (unpaired) electrons. The number of carbonyl (C=O) groups excluding carboxylic acids is 2. The van der Waals surface area contributed by atoms with Crippen LogP contribution in [0.2, 0.25) is 0 Å². The van der Waals surface area contributed by atoms with Crippen LogP contribution in [0.5, 0.6) is 0 Å². The highest BCUT2D eigenvalue weighted by molar-refractivity contribution is 5.96. The zero-order valence-electron chi connectivity index (χ0n) is 12.3. The van der Waals surface area contributed by atoms with Gasteiger partial charge in [-0.15, -0.1) is 0 Å². The third kappa shape index (κ3) is 5.25. The molecule has 1 atom stereocenters. The molecule has 114 valence electrons. The van der Waals surface area contributed by atoms with Crippen LogP contribution in [0.3, 0.4) is 0 Å². The van der Waals surface area contributed by atoms with Crippen LogP contribution in [0.4, 0.5) is 4.79 Å². The standard InChI is InChI=1S/C15H20N2O4/c1-10(11-7-5-4-6-8-11)16-14(21)17-12(18)9-15(2,3)13(19)20/h4-8,10H,9H2,1-3H3,(H,19,20)(H2,16,17,18,21). The number of rotatable bonds is 5. The lowest BCUT2D eigenvalue weighted by atomic mass is 9.89. The van der Waals surface area contributed by atoms with Crippen molar-refractivity contribution in [3.05, 3.63) is 35.9 Å². The first-order chi connectivity index (χ1) is 9.72. The van der Waals surface area contributed by atoms with Gasteiger partial charge < -0.3 is 10.4 Å². The van der Waals surface area contributed by atoms with E-state index in [0.717, 1.165) is 5.56 Å². The van der Waals surface area contributed by atoms with Crippen LogP contribution in [0.25, 0.3) is 0 Å².